The van der Waals surface area contributed by atoms with Crippen molar-refractivity contribution in [2.24, 2.45) is 5.73 Å². The Labute approximate surface area is 87.9 Å². The fraction of sp³-hybridized carbons (Fsp3) is 0.364. The van der Waals surface area contributed by atoms with Gasteiger partial charge in [0.2, 0.25) is 0 Å². The van der Waals surface area contributed by atoms with Crippen LogP contribution in [0, 0.1) is 0 Å². The van der Waals surface area contributed by atoms with Crippen LogP contribution in [0.25, 0.3) is 10.1 Å². The molecule has 1 aromatic carbocycles. The molecule has 0 radical (unpaired) electrons. The molecule has 0 atom stereocenters. The van der Waals surface area contributed by atoms with Gasteiger partial charge in [-0.1, -0.05) is 6.07 Å². The quantitative estimate of drug-likeness (QED) is 0.781. The maximum atomic E-state index is 5.46. The van der Waals surface area contributed by atoms with Crippen molar-refractivity contribution >= 4 is 21.6 Å². The van der Waals surface area contributed by atoms with Crippen LogP contribution < -0.4 is 5.73 Å². The van der Waals surface area contributed by atoms with E-state index in [-0.39, 0.29) is 0 Å². The zero-order chi connectivity index (χ0) is 9.80. The summed E-state index contributed by atoms with van der Waals surface area (Å²) < 4.78 is 5.43. The summed E-state index contributed by atoms with van der Waals surface area (Å²) in [6, 6.07) is 6.58. The van der Waals surface area contributed by atoms with Crippen molar-refractivity contribution < 1.29 is 0 Å². The Morgan fingerprint density at radius 1 is 1.29 bits per heavy atom. The number of fused-ring (bicyclic) bond motifs is 1. The van der Waals surface area contributed by atoms with Gasteiger partial charge in [0.05, 0.1) is 4.70 Å². The lowest BCUT2D eigenvalue weighted by Gasteiger charge is -1.99. The average molecular weight is 206 g/mol. The summed E-state index contributed by atoms with van der Waals surface area (Å²) in [7, 11) is 0. The molecule has 0 aliphatic carbocycles. The number of hydrogen-bond donors (Lipinski definition) is 1. The van der Waals surface area contributed by atoms with E-state index in [0.717, 1.165) is 19.4 Å². The molecule has 0 bridgehead atoms. The third-order valence-corrected chi connectivity index (χ3v) is 3.12. The van der Waals surface area contributed by atoms with Crippen LogP contribution in [0.4, 0.5) is 0 Å². The van der Waals surface area contributed by atoms with Gasteiger partial charge in [0.15, 0.2) is 0 Å². The number of rotatable bonds is 4. The van der Waals surface area contributed by atoms with Crippen LogP contribution in [-0.4, -0.2) is 10.9 Å². The second-order valence-corrected chi connectivity index (χ2v) is 4.28. The van der Waals surface area contributed by atoms with Gasteiger partial charge in [0.1, 0.15) is 0 Å². The number of aryl methyl sites for hydroxylation is 1. The lowest BCUT2D eigenvalue weighted by atomic mass is 10.1. The van der Waals surface area contributed by atoms with Gasteiger partial charge in [0, 0.05) is 11.6 Å². The van der Waals surface area contributed by atoms with E-state index in [9.17, 15) is 0 Å². The largest absolute Gasteiger partial charge is 0.330 e. The molecule has 14 heavy (non-hydrogen) atoms. The molecule has 2 nitrogen and oxygen atoms in total. The molecule has 0 unspecified atom stereocenters. The van der Waals surface area contributed by atoms with Gasteiger partial charge < -0.3 is 5.73 Å². The number of hydrogen-bond acceptors (Lipinski definition) is 3. The smallest absolute Gasteiger partial charge is 0.0550 e. The molecule has 2 N–H and O–H groups in total. The zero-order valence-corrected chi connectivity index (χ0v) is 8.89. The first-order valence-corrected chi connectivity index (χ1v) is 5.71. The van der Waals surface area contributed by atoms with E-state index < -0.39 is 0 Å². The van der Waals surface area contributed by atoms with Crippen LogP contribution in [0.3, 0.4) is 0 Å². The highest BCUT2D eigenvalue weighted by atomic mass is 32.1. The van der Waals surface area contributed by atoms with Gasteiger partial charge in [-0.15, -0.1) is 0 Å². The monoisotopic (exact) mass is 206 g/mol. The number of nitrogens with two attached hydrogens (primary N) is 1. The molecule has 1 aromatic heterocycles. The summed E-state index contributed by atoms with van der Waals surface area (Å²) >= 11 is 1.55. The van der Waals surface area contributed by atoms with Crippen molar-refractivity contribution in [1.29, 1.82) is 0 Å². The molecule has 1 heterocycles. The van der Waals surface area contributed by atoms with Crippen LogP contribution in [0.15, 0.2) is 24.4 Å². The highest BCUT2D eigenvalue weighted by Gasteiger charge is 1.98. The van der Waals surface area contributed by atoms with Crippen molar-refractivity contribution in [1.82, 2.24) is 4.37 Å². The van der Waals surface area contributed by atoms with Gasteiger partial charge in [-0.05, 0) is 55.0 Å². The molecular formula is C11H14N2S. The first kappa shape index (κ1) is 9.62. The Hall–Kier alpha value is -0.930. The molecule has 74 valence electrons. The van der Waals surface area contributed by atoms with E-state index in [0.29, 0.717) is 0 Å². The van der Waals surface area contributed by atoms with E-state index in [1.807, 2.05) is 6.20 Å². The fourth-order valence-corrected chi connectivity index (χ4v) is 2.18. The first-order valence-electron chi connectivity index (χ1n) is 4.93. The van der Waals surface area contributed by atoms with Gasteiger partial charge in [-0.25, -0.2) is 0 Å². The molecule has 0 aliphatic heterocycles. The SMILES string of the molecule is NCCCCc1ccc2sncc2c1. The summed E-state index contributed by atoms with van der Waals surface area (Å²) in [4.78, 5) is 0. The molecular weight excluding hydrogens is 192 g/mol. The molecule has 0 amide bonds. The number of benzene rings is 1. The van der Waals surface area contributed by atoms with E-state index >= 15 is 0 Å². The minimum atomic E-state index is 0.794. The molecule has 2 aromatic rings. The third-order valence-electron chi connectivity index (χ3n) is 2.34. The molecule has 0 saturated heterocycles. The minimum Gasteiger partial charge on any atom is -0.330 e. The van der Waals surface area contributed by atoms with Crippen molar-refractivity contribution in [3.8, 4) is 0 Å². The van der Waals surface area contributed by atoms with Crippen molar-refractivity contribution in [3.05, 3.63) is 30.0 Å². The molecule has 0 saturated carbocycles. The highest BCUT2D eigenvalue weighted by molar-refractivity contribution is 7.13. The molecule has 3 heteroatoms. The third kappa shape index (κ3) is 2.11. The highest BCUT2D eigenvalue weighted by Crippen LogP contribution is 2.20. The predicted octanol–water partition coefficient (Wildman–Crippen LogP) is 2.58. The van der Waals surface area contributed by atoms with E-state index in [4.69, 9.17) is 5.73 Å². The molecule has 0 fully saturated rings. The molecule has 0 spiro atoms. The maximum absolute atomic E-state index is 5.46. The maximum Gasteiger partial charge on any atom is 0.0550 e. The molecule has 0 aliphatic rings. The lowest BCUT2D eigenvalue weighted by molar-refractivity contribution is 0.745. The zero-order valence-electron chi connectivity index (χ0n) is 8.07. The van der Waals surface area contributed by atoms with Crippen LogP contribution >= 0.6 is 11.5 Å². The van der Waals surface area contributed by atoms with Gasteiger partial charge >= 0.3 is 0 Å². The Balaban J connectivity index is 2.10. The normalized spacial score (nSPS) is 10.9. The number of unbranched alkanes of at least 4 members (excludes halogenated alkanes) is 1. The van der Waals surface area contributed by atoms with Crippen LogP contribution in [0.2, 0.25) is 0 Å². The average Bonchev–Trinajstić information content (AvgIpc) is 2.65. The van der Waals surface area contributed by atoms with Gasteiger partial charge in [0.25, 0.3) is 0 Å². The van der Waals surface area contributed by atoms with Crippen molar-refractivity contribution in [2.75, 3.05) is 6.54 Å². The van der Waals surface area contributed by atoms with Crippen molar-refractivity contribution in [3.63, 3.8) is 0 Å². The second kappa shape index (κ2) is 4.53. The second-order valence-electron chi connectivity index (χ2n) is 3.44. The Morgan fingerprint density at radius 2 is 2.21 bits per heavy atom. The fourth-order valence-electron chi connectivity index (χ4n) is 1.55. The van der Waals surface area contributed by atoms with E-state index in [2.05, 4.69) is 22.6 Å². The standard InChI is InChI=1S/C11H14N2S/c12-6-2-1-3-9-4-5-11-10(7-9)8-13-14-11/h4-5,7-8H,1-3,6,12H2. The minimum absolute atomic E-state index is 0.794. The number of aromatic nitrogens is 1. The lowest BCUT2D eigenvalue weighted by Crippen LogP contribution is -1.98. The van der Waals surface area contributed by atoms with Crippen LogP contribution in [0.1, 0.15) is 18.4 Å². The summed E-state index contributed by atoms with van der Waals surface area (Å²) in [5.41, 5.74) is 6.85. The summed E-state index contributed by atoms with van der Waals surface area (Å²) in [5, 5.41) is 1.26. The van der Waals surface area contributed by atoms with E-state index in [1.54, 1.807) is 11.5 Å². The van der Waals surface area contributed by atoms with Crippen LogP contribution in [-0.2, 0) is 6.42 Å². The summed E-state index contributed by atoms with van der Waals surface area (Å²) in [6.45, 7) is 0.794. The summed E-state index contributed by atoms with van der Waals surface area (Å²) in [5.74, 6) is 0. The topological polar surface area (TPSA) is 38.9 Å². The first-order chi connectivity index (χ1) is 6.90. The predicted molar refractivity (Wildman–Crippen MR) is 61.6 cm³/mol. The Bertz CT molecular complexity index is 408. The Morgan fingerprint density at radius 3 is 3.07 bits per heavy atom. The molecule has 2 rings (SSSR count). The van der Waals surface area contributed by atoms with Gasteiger partial charge in [-0.2, -0.15) is 4.37 Å². The van der Waals surface area contributed by atoms with E-state index in [1.165, 1.54) is 22.1 Å². The Kier molecular flexibility index (Phi) is 3.11. The summed E-state index contributed by atoms with van der Waals surface area (Å²) in [6.07, 6.45) is 5.36. The van der Waals surface area contributed by atoms with Gasteiger partial charge in [-0.3, -0.25) is 0 Å². The van der Waals surface area contributed by atoms with Crippen LogP contribution in [0.5, 0.6) is 0 Å². The van der Waals surface area contributed by atoms with Crippen molar-refractivity contribution in [2.45, 2.75) is 19.3 Å². The number of nitrogens with zero attached hydrogens (tertiary/aromatic N) is 1.